The van der Waals surface area contributed by atoms with Gasteiger partial charge in [-0.05, 0) is 37.5 Å². The molecule has 1 aromatic carbocycles. The third-order valence-electron chi connectivity index (χ3n) is 3.74. The van der Waals surface area contributed by atoms with Crippen LogP contribution in [-0.4, -0.2) is 33.8 Å². The number of rotatable bonds is 10. The number of halogens is 1. The van der Waals surface area contributed by atoms with Crippen molar-refractivity contribution in [2.45, 2.75) is 32.4 Å². The van der Waals surface area contributed by atoms with Crippen LogP contribution in [0.5, 0.6) is 0 Å². The molecule has 0 aliphatic heterocycles. The molecule has 2 N–H and O–H groups in total. The minimum Gasteiger partial charge on any atom is -0.309 e. The van der Waals surface area contributed by atoms with Gasteiger partial charge in [0.2, 0.25) is 5.91 Å². The van der Waals surface area contributed by atoms with E-state index in [0.717, 1.165) is 5.56 Å². The van der Waals surface area contributed by atoms with Gasteiger partial charge in [-0.15, -0.1) is 5.10 Å². The van der Waals surface area contributed by atoms with Crippen molar-refractivity contribution < 1.29 is 9.18 Å². The lowest BCUT2D eigenvalue weighted by Gasteiger charge is -2.14. The quantitative estimate of drug-likeness (QED) is 0.492. The van der Waals surface area contributed by atoms with Gasteiger partial charge in [0.15, 0.2) is 5.82 Å². The van der Waals surface area contributed by atoms with Crippen molar-refractivity contribution in [3.8, 4) is 0 Å². The van der Waals surface area contributed by atoms with Crippen molar-refractivity contribution in [2.75, 3.05) is 11.9 Å². The molecule has 1 unspecified atom stereocenters. The Balaban J connectivity index is 1.79. The summed E-state index contributed by atoms with van der Waals surface area (Å²) in [4.78, 5) is 12.0. The Morgan fingerprint density at radius 2 is 2.07 bits per heavy atom. The zero-order valence-electron chi connectivity index (χ0n) is 15.2. The molecule has 0 aliphatic carbocycles. The second-order valence-electron chi connectivity index (χ2n) is 5.96. The second kappa shape index (κ2) is 10.7. The van der Waals surface area contributed by atoms with Crippen molar-refractivity contribution >= 4 is 11.7 Å². The van der Waals surface area contributed by atoms with E-state index in [1.807, 2.05) is 30.3 Å². The maximum Gasteiger partial charge on any atom is 0.229 e. The number of carbonyl (C=O) groups excluding carboxylic acids is 1. The van der Waals surface area contributed by atoms with Crippen molar-refractivity contribution in [3.05, 3.63) is 66.0 Å². The minimum absolute atomic E-state index is 0.0227. The summed E-state index contributed by atoms with van der Waals surface area (Å²) in [7, 11) is 0. The van der Waals surface area contributed by atoms with Crippen LogP contribution in [0.1, 0.15) is 24.6 Å². The van der Waals surface area contributed by atoms with Gasteiger partial charge in [0.05, 0.1) is 18.7 Å². The summed E-state index contributed by atoms with van der Waals surface area (Å²) in [6.45, 7) is 1.80. The lowest BCUT2D eigenvalue weighted by molar-refractivity contribution is -0.115. The molecule has 27 heavy (non-hydrogen) atoms. The highest BCUT2D eigenvalue weighted by Crippen LogP contribution is 2.10. The standard InChI is InChI=1S/C19H23FN6O/c1-2-12-26(25-21)14-16(20)8-9-17-10-11-18(24-23-17)22-19(27)13-15-6-4-3-5-7-15/h2-7,10-12,16,21H,8-9,13-14H2,1H3,(H,22,24,27)/b12-2+,25-21?. The first-order chi connectivity index (χ1) is 13.1. The Kier molecular flexibility index (Phi) is 8.02. The fourth-order valence-corrected chi connectivity index (χ4v) is 2.43. The monoisotopic (exact) mass is 370 g/mol. The topological polar surface area (TPSA) is 94.3 Å². The van der Waals surface area contributed by atoms with E-state index in [0.29, 0.717) is 17.9 Å². The van der Waals surface area contributed by atoms with E-state index in [1.54, 1.807) is 31.3 Å². The zero-order chi connectivity index (χ0) is 19.5. The number of nitrogens with zero attached hydrogens (tertiary/aromatic N) is 4. The molecular weight excluding hydrogens is 347 g/mol. The largest absolute Gasteiger partial charge is 0.309 e. The molecule has 0 saturated heterocycles. The Morgan fingerprint density at radius 3 is 2.70 bits per heavy atom. The van der Waals surface area contributed by atoms with Gasteiger partial charge in [-0.25, -0.2) is 4.39 Å². The van der Waals surface area contributed by atoms with Crippen LogP contribution in [0, 0.1) is 5.53 Å². The van der Waals surface area contributed by atoms with E-state index >= 15 is 0 Å². The van der Waals surface area contributed by atoms with Crippen molar-refractivity contribution in [3.63, 3.8) is 0 Å². The molecule has 2 aromatic rings. The molecule has 0 saturated carbocycles. The molecule has 2 rings (SSSR count). The maximum atomic E-state index is 14.0. The Hall–Kier alpha value is -3.16. The predicted molar refractivity (Wildman–Crippen MR) is 101 cm³/mol. The predicted octanol–water partition coefficient (Wildman–Crippen LogP) is 3.71. The maximum absolute atomic E-state index is 14.0. The van der Waals surface area contributed by atoms with Crippen LogP contribution < -0.4 is 5.32 Å². The number of carbonyl (C=O) groups is 1. The Morgan fingerprint density at radius 1 is 1.30 bits per heavy atom. The van der Waals surface area contributed by atoms with Crippen LogP contribution in [0.25, 0.3) is 0 Å². The number of benzene rings is 1. The molecule has 7 nitrogen and oxygen atoms in total. The van der Waals surface area contributed by atoms with Crippen molar-refractivity contribution in [1.82, 2.24) is 15.2 Å². The number of anilines is 1. The van der Waals surface area contributed by atoms with Gasteiger partial charge in [0, 0.05) is 6.20 Å². The van der Waals surface area contributed by atoms with Crippen LogP contribution in [0.2, 0.25) is 0 Å². The number of hydrogen-bond acceptors (Lipinski definition) is 5. The van der Waals surface area contributed by atoms with Crippen LogP contribution in [-0.2, 0) is 17.6 Å². The Bertz CT molecular complexity index is 751. The van der Waals surface area contributed by atoms with Crippen molar-refractivity contribution in [1.29, 1.82) is 5.53 Å². The number of hydrogen-bond donors (Lipinski definition) is 2. The normalized spacial score (nSPS) is 11.9. The van der Waals surface area contributed by atoms with E-state index in [9.17, 15) is 9.18 Å². The second-order valence-corrected chi connectivity index (χ2v) is 5.96. The molecule has 0 spiro atoms. The summed E-state index contributed by atoms with van der Waals surface area (Å²) in [5, 5.41) is 15.2. The molecule has 142 valence electrons. The molecule has 0 radical (unpaired) electrons. The summed E-state index contributed by atoms with van der Waals surface area (Å²) in [6.07, 6.45) is 3.03. The van der Waals surface area contributed by atoms with Gasteiger partial charge in [-0.1, -0.05) is 41.6 Å². The van der Waals surface area contributed by atoms with Crippen molar-refractivity contribution in [2.24, 2.45) is 5.22 Å². The summed E-state index contributed by atoms with van der Waals surface area (Å²) in [6, 6.07) is 12.8. The third-order valence-corrected chi connectivity index (χ3v) is 3.74. The summed E-state index contributed by atoms with van der Waals surface area (Å²) in [5.41, 5.74) is 8.53. The first-order valence-corrected chi connectivity index (χ1v) is 8.68. The highest BCUT2D eigenvalue weighted by molar-refractivity contribution is 5.91. The highest BCUT2D eigenvalue weighted by Gasteiger charge is 2.12. The Labute approximate surface area is 157 Å². The van der Waals surface area contributed by atoms with Crippen LogP contribution >= 0.6 is 0 Å². The molecule has 8 heteroatoms. The summed E-state index contributed by atoms with van der Waals surface area (Å²) in [5.74, 6) is 0.194. The molecule has 1 aromatic heterocycles. The smallest absolute Gasteiger partial charge is 0.229 e. The number of aryl methyl sites for hydroxylation is 1. The van der Waals surface area contributed by atoms with Gasteiger partial charge in [-0.3, -0.25) is 9.80 Å². The first kappa shape index (κ1) is 20.2. The molecule has 1 heterocycles. The van der Waals surface area contributed by atoms with E-state index in [1.165, 1.54) is 5.01 Å². The third kappa shape index (κ3) is 7.31. The van der Waals surface area contributed by atoms with Gasteiger partial charge in [0.25, 0.3) is 0 Å². The highest BCUT2D eigenvalue weighted by atomic mass is 19.1. The van der Waals surface area contributed by atoms with E-state index in [-0.39, 0.29) is 25.3 Å². The minimum atomic E-state index is -1.14. The fraction of sp³-hybridized carbons (Fsp3) is 0.316. The average molecular weight is 370 g/mol. The number of amides is 1. The number of alkyl halides is 1. The zero-order valence-corrected chi connectivity index (χ0v) is 15.2. The molecule has 0 aliphatic rings. The van der Waals surface area contributed by atoms with Gasteiger partial charge in [0.1, 0.15) is 6.17 Å². The van der Waals surface area contributed by atoms with Gasteiger partial charge < -0.3 is 5.32 Å². The molecule has 1 amide bonds. The molecule has 1 atom stereocenters. The summed E-state index contributed by atoms with van der Waals surface area (Å²) >= 11 is 0. The van der Waals surface area contributed by atoms with Crippen LogP contribution in [0.3, 0.4) is 0 Å². The van der Waals surface area contributed by atoms with Crippen LogP contribution in [0.15, 0.2) is 60.0 Å². The van der Waals surface area contributed by atoms with Gasteiger partial charge in [-0.2, -0.15) is 10.6 Å². The first-order valence-electron chi connectivity index (χ1n) is 8.68. The lowest BCUT2D eigenvalue weighted by Crippen LogP contribution is -2.21. The van der Waals surface area contributed by atoms with Gasteiger partial charge >= 0.3 is 0 Å². The number of allylic oxidation sites excluding steroid dienone is 1. The summed E-state index contributed by atoms with van der Waals surface area (Å²) < 4.78 is 14.0. The SMILES string of the molecule is C/C=C/N(CC(F)CCc1ccc(NC(=O)Cc2ccccc2)nn1)N=N. The molecule has 0 bridgehead atoms. The molecule has 0 fully saturated rings. The number of aromatic nitrogens is 2. The van der Waals surface area contributed by atoms with E-state index < -0.39 is 6.17 Å². The van der Waals surface area contributed by atoms with E-state index in [2.05, 4.69) is 20.7 Å². The fourth-order valence-electron chi connectivity index (χ4n) is 2.43. The van der Waals surface area contributed by atoms with Crippen LogP contribution in [0.4, 0.5) is 10.2 Å². The molecular formula is C19H23FN6O. The average Bonchev–Trinajstić information content (AvgIpc) is 2.68. The van der Waals surface area contributed by atoms with E-state index in [4.69, 9.17) is 5.53 Å². The number of nitrogens with one attached hydrogen (secondary N) is 2. The lowest BCUT2D eigenvalue weighted by atomic mass is 10.1.